The van der Waals surface area contributed by atoms with E-state index in [0.29, 0.717) is 17.3 Å². The number of aromatic carboxylic acids is 1. The minimum absolute atomic E-state index is 0.0975. The van der Waals surface area contributed by atoms with Gasteiger partial charge in [0.25, 0.3) is 0 Å². The van der Waals surface area contributed by atoms with Crippen LogP contribution in [0, 0.1) is 0 Å². The molecule has 0 bridgehead atoms. The number of carboxylic acids is 1. The van der Waals surface area contributed by atoms with Gasteiger partial charge in [-0.3, -0.25) is 4.79 Å². The van der Waals surface area contributed by atoms with Crippen LogP contribution < -0.4 is 5.46 Å². The molecule has 1 aliphatic heterocycles. The molecule has 20 heavy (non-hydrogen) atoms. The first kappa shape index (κ1) is 14.7. The van der Waals surface area contributed by atoms with Gasteiger partial charge in [-0.15, -0.1) is 0 Å². The van der Waals surface area contributed by atoms with E-state index in [-0.39, 0.29) is 5.56 Å². The Morgan fingerprint density at radius 3 is 2.20 bits per heavy atom. The maximum absolute atomic E-state index is 11.1. The van der Waals surface area contributed by atoms with Gasteiger partial charge in [-0.25, -0.2) is 4.79 Å². The summed E-state index contributed by atoms with van der Waals surface area (Å²) < 4.78 is 11.7. The third-order valence-electron chi connectivity index (χ3n) is 3.97. The molecule has 0 aromatic heterocycles. The van der Waals surface area contributed by atoms with Crippen molar-refractivity contribution in [2.45, 2.75) is 38.9 Å². The van der Waals surface area contributed by atoms with Gasteiger partial charge in [0, 0.05) is 5.56 Å². The molecule has 0 spiro atoms. The van der Waals surface area contributed by atoms with Gasteiger partial charge in [-0.1, -0.05) is 6.07 Å². The zero-order valence-electron chi connectivity index (χ0n) is 12.0. The van der Waals surface area contributed by atoms with Crippen LogP contribution in [0.4, 0.5) is 0 Å². The first-order valence-electron chi connectivity index (χ1n) is 6.36. The van der Waals surface area contributed by atoms with Crippen LogP contribution in [0.1, 0.15) is 48.4 Å². The average molecular weight is 276 g/mol. The van der Waals surface area contributed by atoms with Crippen LogP contribution in [-0.4, -0.2) is 35.7 Å². The van der Waals surface area contributed by atoms with E-state index in [1.165, 1.54) is 18.2 Å². The molecular weight excluding hydrogens is 259 g/mol. The van der Waals surface area contributed by atoms with Crippen molar-refractivity contribution in [2.24, 2.45) is 0 Å². The topological polar surface area (TPSA) is 72.8 Å². The van der Waals surface area contributed by atoms with E-state index in [1.807, 2.05) is 27.7 Å². The third-order valence-corrected chi connectivity index (χ3v) is 3.97. The highest BCUT2D eigenvalue weighted by molar-refractivity contribution is 6.63. The minimum Gasteiger partial charge on any atom is -0.478 e. The zero-order chi connectivity index (χ0) is 15.1. The quantitative estimate of drug-likeness (QED) is 0.669. The van der Waals surface area contributed by atoms with Gasteiger partial charge in [-0.05, 0) is 45.3 Å². The molecule has 1 heterocycles. The molecule has 5 nitrogen and oxygen atoms in total. The van der Waals surface area contributed by atoms with Crippen molar-refractivity contribution in [1.82, 2.24) is 0 Å². The summed E-state index contributed by atoms with van der Waals surface area (Å²) in [7, 11) is -0.750. The van der Waals surface area contributed by atoms with Crippen LogP contribution in [0.2, 0.25) is 0 Å². The molecule has 106 valence electrons. The Morgan fingerprint density at radius 1 is 1.20 bits per heavy atom. The lowest BCUT2D eigenvalue weighted by Gasteiger charge is -2.32. The largest absolute Gasteiger partial charge is 0.495 e. The van der Waals surface area contributed by atoms with E-state index in [9.17, 15) is 9.59 Å². The Labute approximate surface area is 118 Å². The summed E-state index contributed by atoms with van der Waals surface area (Å²) in [5, 5.41) is 9.05. The van der Waals surface area contributed by atoms with Gasteiger partial charge in [0.2, 0.25) is 0 Å². The lowest BCUT2D eigenvalue weighted by molar-refractivity contribution is 0.00578. The second-order valence-electron chi connectivity index (χ2n) is 5.85. The third kappa shape index (κ3) is 2.36. The normalized spacial score (nSPS) is 19.9. The average Bonchev–Trinajstić information content (AvgIpc) is 2.57. The summed E-state index contributed by atoms with van der Waals surface area (Å²) in [5.41, 5.74) is -0.180. The number of aldehydes is 1. The first-order chi connectivity index (χ1) is 9.18. The van der Waals surface area contributed by atoms with Crippen LogP contribution in [0.25, 0.3) is 0 Å². The van der Waals surface area contributed by atoms with E-state index in [1.54, 1.807) is 0 Å². The number of hydrogen-bond donors (Lipinski definition) is 1. The van der Waals surface area contributed by atoms with Gasteiger partial charge in [0.1, 0.15) is 6.29 Å². The lowest BCUT2D eigenvalue weighted by atomic mass is 9.75. The van der Waals surface area contributed by atoms with Crippen LogP contribution in [0.5, 0.6) is 0 Å². The van der Waals surface area contributed by atoms with Crippen molar-refractivity contribution >= 4 is 24.8 Å². The maximum atomic E-state index is 11.1. The molecule has 1 aromatic rings. The van der Waals surface area contributed by atoms with Gasteiger partial charge in [0.05, 0.1) is 16.8 Å². The molecule has 6 heteroatoms. The maximum Gasteiger partial charge on any atom is 0.495 e. The summed E-state index contributed by atoms with van der Waals surface area (Å²) in [4.78, 5) is 22.2. The second-order valence-corrected chi connectivity index (χ2v) is 5.85. The molecule has 0 radical (unpaired) electrons. The van der Waals surface area contributed by atoms with Crippen LogP contribution >= 0.6 is 0 Å². The molecule has 1 aromatic carbocycles. The highest BCUT2D eigenvalue weighted by Crippen LogP contribution is 2.36. The van der Waals surface area contributed by atoms with Crippen LogP contribution in [-0.2, 0) is 9.31 Å². The first-order valence-corrected chi connectivity index (χ1v) is 6.36. The zero-order valence-corrected chi connectivity index (χ0v) is 12.0. The molecular formula is C14H17BO5. The fraction of sp³-hybridized carbons (Fsp3) is 0.429. The molecule has 2 rings (SSSR count). The Bertz CT molecular complexity index is 549. The van der Waals surface area contributed by atoms with Gasteiger partial charge in [0.15, 0.2) is 0 Å². The Morgan fingerprint density at radius 2 is 1.75 bits per heavy atom. The Kier molecular flexibility index (Phi) is 3.48. The van der Waals surface area contributed by atoms with Crippen LogP contribution in [0.15, 0.2) is 18.2 Å². The lowest BCUT2D eigenvalue weighted by Crippen LogP contribution is -2.41. The number of carbonyl (C=O) groups excluding carboxylic acids is 1. The summed E-state index contributed by atoms with van der Waals surface area (Å²) in [6, 6.07) is 4.28. The number of benzene rings is 1. The molecule has 0 aliphatic carbocycles. The molecule has 0 saturated carbocycles. The Hall–Kier alpha value is -1.66. The summed E-state index contributed by atoms with van der Waals surface area (Å²) in [6.07, 6.45) is 0.673. The fourth-order valence-electron chi connectivity index (χ4n) is 1.99. The Balaban J connectivity index is 2.45. The van der Waals surface area contributed by atoms with Crippen LogP contribution in [0.3, 0.4) is 0 Å². The van der Waals surface area contributed by atoms with Crippen molar-refractivity contribution in [3.8, 4) is 0 Å². The van der Waals surface area contributed by atoms with Gasteiger partial charge in [-0.2, -0.15) is 0 Å². The van der Waals surface area contributed by atoms with E-state index < -0.39 is 24.3 Å². The SMILES string of the molecule is CC1(C)OB(c2cc(C(=O)O)ccc2C=O)OC1(C)C. The van der Waals surface area contributed by atoms with Crippen molar-refractivity contribution in [3.63, 3.8) is 0 Å². The molecule has 1 saturated heterocycles. The molecule has 1 aliphatic rings. The second kappa shape index (κ2) is 4.72. The number of hydrogen-bond acceptors (Lipinski definition) is 4. The van der Waals surface area contributed by atoms with Crippen molar-refractivity contribution in [2.75, 3.05) is 0 Å². The summed E-state index contributed by atoms with van der Waals surface area (Å²) in [5.74, 6) is -1.06. The van der Waals surface area contributed by atoms with E-state index in [4.69, 9.17) is 14.4 Å². The van der Waals surface area contributed by atoms with E-state index in [2.05, 4.69) is 0 Å². The van der Waals surface area contributed by atoms with Crippen molar-refractivity contribution in [1.29, 1.82) is 0 Å². The highest BCUT2D eigenvalue weighted by atomic mass is 16.7. The smallest absolute Gasteiger partial charge is 0.478 e. The molecule has 0 atom stereocenters. The monoisotopic (exact) mass is 276 g/mol. The summed E-state index contributed by atoms with van der Waals surface area (Å²) in [6.45, 7) is 7.59. The van der Waals surface area contributed by atoms with Gasteiger partial charge >= 0.3 is 13.1 Å². The number of carboxylic acid groups (broad SMARTS) is 1. The molecule has 1 fully saturated rings. The van der Waals surface area contributed by atoms with E-state index >= 15 is 0 Å². The highest BCUT2D eigenvalue weighted by Gasteiger charge is 2.52. The molecule has 0 unspecified atom stereocenters. The minimum atomic E-state index is -1.06. The predicted molar refractivity (Wildman–Crippen MR) is 74.5 cm³/mol. The number of rotatable bonds is 3. The van der Waals surface area contributed by atoms with Crippen molar-refractivity contribution in [3.05, 3.63) is 29.3 Å². The molecule has 1 N–H and O–H groups in total. The summed E-state index contributed by atoms with van der Waals surface area (Å²) >= 11 is 0. The standard InChI is InChI=1S/C14H17BO5/c1-13(2)14(3,4)20-15(19-13)11-7-9(12(17)18)5-6-10(11)8-16/h5-8H,1-4H3,(H,17,18). The molecule has 0 amide bonds. The predicted octanol–water partition coefficient (Wildman–Crippen LogP) is 1.50. The number of carbonyl (C=O) groups is 2. The van der Waals surface area contributed by atoms with Crippen molar-refractivity contribution < 1.29 is 24.0 Å². The fourth-order valence-corrected chi connectivity index (χ4v) is 1.99. The van der Waals surface area contributed by atoms with E-state index in [0.717, 1.165) is 0 Å². The van der Waals surface area contributed by atoms with Gasteiger partial charge < -0.3 is 14.4 Å².